The highest BCUT2D eigenvalue weighted by atomic mass is 35.5. The smallest absolute Gasteiger partial charge is 0.0675 e. The average Bonchev–Trinajstić information content (AvgIpc) is 2.42. The van der Waals surface area contributed by atoms with E-state index >= 15 is 0 Å². The van der Waals surface area contributed by atoms with Crippen molar-refractivity contribution < 1.29 is 9.84 Å². The van der Waals surface area contributed by atoms with Crippen LogP contribution in [0.3, 0.4) is 0 Å². The van der Waals surface area contributed by atoms with Crippen molar-refractivity contribution in [3.05, 3.63) is 29.3 Å². The summed E-state index contributed by atoms with van der Waals surface area (Å²) in [5.74, 6) is 0. The number of halogens is 1. The van der Waals surface area contributed by atoms with Gasteiger partial charge in [-0.3, -0.25) is 0 Å². The van der Waals surface area contributed by atoms with Crippen molar-refractivity contribution in [3.8, 4) is 0 Å². The minimum atomic E-state index is -0.353. The van der Waals surface area contributed by atoms with Crippen LogP contribution in [0, 0.1) is 0 Å². The number of anilines is 1. The summed E-state index contributed by atoms with van der Waals surface area (Å²) < 4.78 is 5.86. The molecular formula is C15H22ClNO2. The first-order chi connectivity index (χ1) is 9.02. The highest BCUT2D eigenvalue weighted by Gasteiger charge is 2.42. The summed E-state index contributed by atoms with van der Waals surface area (Å²) in [6.07, 6.45) is 2.49. The van der Waals surface area contributed by atoms with E-state index in [1.54, 1.807) is 0 Å². The zero-order chi connectivity index (χ0) is 13.9. The van der Waals surface area contributed by atoms with Gasteiger partial charge < -0.3 is 15.2 Å². The first-order valence-electron chi connectivity index (χ1n) is 6.80. The minimum Gasteiger partial charge on any atom is -0.394 e. The van der Waals surface area contributed by atoms with Crippen LogP contribution >= 0.6 is 11.6 Å². The average molecular weight is 284 g/mol. The topological polar surface area (TPSA) is 41.5 Å². The Hall–Kier alpha value is -0.770. The van der Waals surface area contributed by atoms with E-state index < -0.39 is 0 Å². The second-order valence-corrected chi connectivity index (χ2v) is 6.03. The van der Waals surface area contributed by atoms with Crippen LogP contribution in [0.5, 0.6) is 0 Å². The van der Waals surface area contributed by atoms with Gasteiger partial charge in [0.1, 0.15) is 0 Å². The molecule has 0 saturated carbocycles. The molecule has 1 aromatic rings. The zero-order valence-electron chi connectivity index (χ0n) is 11.6. The Kier molecular flexibility index (Phi) is 4.39. The fourth-order valence-electron chi connectivity index (χ4n) is 2.70. The number of aliphatic hydroxyl groups is 1. The molecule has 1 aliphatic rings. The maximum atomic E-state index is 9.86. The molecule has 3 nitrogen and oxygen atoms in total. The van der Waals surface area contributed by atoms with Crippen molar-refractivity contribution in [2.24, 2.45) is 0 Å². The predicted octanol–water partition coefficient (Wildman–Crippen LogP) is 3.46. The van der Waals surface area contributed by atoms with Crippen LogP contribution < -0.4 is 5.32 Å². The molecule has 0 spiro atoms. The first kappa shape index (κ1) is 14.6. The standard InChI is InChI=1S/C15H22ClNO2/c1-3-14(2)10-15(11-18,8-9-19-14)17-13-7-5-4-6-12(13)16/h4-7,17-18H,3,8-11H2,1-2H3. The number of para-hydroxylation sites is 1. The Morgan fingerprint density at radius 3 is 2.79 bits per heavy atom. The van der Waals surface area contributed by atoms with Crippen LogP contribution in [0.1, 0.15) is 33.1 Å². The molecule has 0 aliphatic carbocycles. The molecule has 0 amide bonds. The lowest BCUT2D eigenvalue weighted by molar-refractivity contribution is -0.0973. The summed E-state index contributed by atoms with van der Waals surface area (Å²) in [6.45, 7) is 4.95. The van der Waals surface area contributed by atoms with Gasteiger partial charge in [-0.25, -0.2) is 0 Å². The van der Waals surface area contributed by atoms with Crippen LogP contribution in [-0.2, 0) is 4.74 Å². The zero-order valence-corrected chi connectivity index (χ0v) is 12.3. The third kappa shape index (κ3) is 3.22. The van der Waals surface area contributed by atoms with Gasteiger partial charge in [-0.15, -0.1) is 0 Å². The predicted molar refractivity (Wildman–Crippen MR) is 78.8 cm³/mol. The summed E-state index contributed by atoms with van der Waals surface area (Å²) >= 11 is 6.19. The molecule has 2 unspecified atom stereocenters. The van der Waals surface area contributed by atoms with E-state index in [0.29, 0.717) is 11.6 Å². The van der Waals surface area contributed by atoms with E-state index in [0.717, 1.165) is 24.9 Å². The lowest BCUT2D eigenvalue weighted by Gasteiger charge is -2.46. The van der Waals surface area contributed by atoms with Crippen molar-refractivity contribution in [1.29, 1.82) is 0 Å². The van der Waals surface area contributed by atoms with Crippen LogP contribution in [0.15, 0.2) is 24.3 Å². The largest absolute Gasteiger partial charge is 0.394 e. The molecule has 0 bridgehead atoms. The van der Waals surface area contributed by atoms with Gasteiger partial charge >= 0.3 is 0 Å². The number of nitrogens with one attached hydrogen (secondary N) is 1. The highest BCUT2D eigenvalue weighted by molar-refractivity contribution is 6.33. The maximum absolute atomic E-state index is 9.86. The van der Waals surface area contributed by atoms with E-state index in [9.17, 15) is 5.11 Å². The van der Waals surface area contributed by atoms with Crippen LogP contribution in [0.4, 0.5) is 5.69 Å². The van der Waals surface area contributed by atoms with Crippen LogP contribution in [0.25, 0.3) is 0 Å². The van der Waals surface area contributed by atoms with Gasteiger partial charge in [0.05, 0.1) is 28.5 Å². The van der Waals surface area contributed by atoms with Crippen molar-refractivity contribution in [3.63, 3.8) is 0 Å². The van der Waals surface area contributed by atoms with Gasteiger partial charge in [0.25, 0.3) is 0 Å². The number of benzene rings is 1. The van der Waals surface area contributed by atoms with Crippen molar-refractivity contribution >= 4 is 17.3 Å². The van der Waals surface area contributed by atoms with Gasteiger partial charge in [-0.1, -0.05) is 30.7 Å². The van der Waals surface area contributed by atoms with Crippen molar-refractivity contribution in [2.45, 2.75) is 44.2 Å². The SMILES string of the molecule is CCC1(C)CC(CO)(Nc2ccccc2Cl)CCO1. The first-order valence-corrected chi connectivity index (χ1v) is 7.18. The van der Waals surface area contributed by atoms with Crippen molar-refractivity contribution in [1.82, 2.24) is 0 Å². The Bertz CT molecular complexity index is 440. The molecule has 1 fully saturated rings. The quantitative estimate of drug-likeness (QED) is 0.889. The second kappa shape index (κ2) is 5.70. The molecular weight excluding hydrogens is 262 g/mol. The van der Waals surface area contributed by atoms with Crippen LogP contribution in [0.2, 0.25) is 5.02 Å². The Morgan fingerprint density at radius 2 is 2.16 bits per heavy atom. The molecule has 1 saturated heterocycles. The number of rotatable bonds is 4. The number of hydrogen-bond donors (Lipinski definition) is 2. The molecule has 1 aromatic carbocycles. The van der Waals surface area contributed by atoms with Gasteiger partial charge in [0, 0.05) is 13.0 Å². The fourth-order valence-corrected chi connectivity index (χ4v) is 2.89. The summed E-state index contributed by atoms with van der Waals surface area (Å²) in [6, 6.07) is 7.64. The monoisotopic (exact) mass is 283 g/mol. The molecule has 0 radical (unpaired) electrons. The minimum absolute atomic E-state index is 0.0805. The summed E-state index contributed by atoms with van der Waals surface area (Å²) in [7, 11) is 0. The maximum Gasteiger partial charge on any atom is 0.0675 e. The lowest BCUT2D eigenvalue weighted by Crippen LogP contribution is -2.54. The molecule has 0 aromatic heterocycles. The summed E-state index contributed by atoms with van der Waals surface area (Å²) in [5.41, 5.74) is 0.335. The fraction of sp³-hybridized carbons (Fsp3) is 0.600. The van der Waals surface area contributed by atoms with Gasteiger partial charge in [-0.2, -0.15) is 0 Å². The highest BCUT2D eigenvalue weighted by Crippen LogP contribution is 2.37. The van der Waals surface area contributed by atoms with E-state index in [1.165, 1.54) is 0 Å². The van der Waals surface area contributed by atoms with Crippen molar-refractivity contribution in [2.75, 3.05) is 18.5 Å². The van der Waals surface area contributed by atoms with E-state index in [2.05, 4.69) is 19.2 Å². The number of ether oxygens (including phenoxy) is 1. The third-order valence-electron chi connectivity index (χ3n) is 4.07. The third-order valence-corrected chi connectivity index (χ3v) is 4.40. The number of aliphatic hydroxyl groups excluding tert-OH is 1. The molecule has 1 aliphatic heterocycles. The molecule has 2 rings (SSSR count). The molecule has 106 valence electrons. The molecule has 1 heterocycles. The Morgan fingerprint density at radius 1 is 1.42 bits per heavy atom. The van der Waals surface area contributed by atoms with E-state index in [1.807, 2.05) is 24.3 Å². The summed E-state index contributed by atoms with van der Waals surface area (Å²) in [4.78, 5) is 0. The Labute approximate surface area is 119 Å². The van der Waals surface area contributed by atoms with Gasteiger partial charge in [0.2, 0.25) is 0 Å². The van der Waals surface area contributed by atoms with Gasteiger partial charge in [-0.05, 0) is 31.9 Å². The molecule has 2 atom stereocenters. The normalized spacial score (nSPS) is 31.2. The van der Waals surface area contributed by atoms with Gasteiger partial charge in [0.15, 0.2) is 0 Å². The van der Waals surface area contributed by atoms with Crippen LogP contribution in [-0.4, -0.2) is 29.5 Å². The Balaban J connectivity index is 2.21. The number of hydrogen-bond acceptors (Lipinski definition) is 3. The lowest BCUT2D eigenvalue weighted by atomic mass is 9.79. The molecule has 2 N–H and O–H groups in total. The molecule has 19 heavy (non-hydrogen) atoms. The van der Waals surface area contributed by atoms with E-state index in [4.69, 9.17) is 16.3 Å². The second-order valence-electron chi connectivity index (χ2n) is 5.62. The summed E-state index contributed by atoms with van der Waals surface area (Å²) in [5, 5.41) is 14.0. The van der Waals surface area contributed by atoms with E-state index in [-0.39, 0.29) is 17.7 Å². The molecule has 4 heteroatoms.